The van der Waals surface area contributed by atoms with Gasteiger partial charge in [-0.3, -0.25) is 0 Å². The molecule has 0 N–H and O–H groups in total. The van der Waals surface area contributed by atoms with Crippen LogP contribution in [0, 0.1) is 0 Å². The normalized spacial score (nSPS) is 10.6. The zero-order chi connectivity index (χ0) is 8.10. The topological polar surface area (TPSA) is 25.8 Å². The lowest BCUT2D eigenvalue weighted by Crippen LogP contribution is -1.82. The van der Waals surface area contributed by atoms with E-state index < -0.39 is 0 Å². The van der Waals surface area contributed by atoms with E-state index in [1.807, 2.05) is 12.2 Å². The molecule has 0 fully saturated rings. The second-order valence-electron chi connectivity index (χ2n) is 2.04. The highest BCUT2D eigenvalue weighted by Crippen LogP contribution is 2.08. The van der Waals surface area contributed by atoms with E-state index in [1.165, 1.54) is 11.7 Å². The largest absolute Gasteiger partial charge is 0.177 e. The Labute approximate surface area is 70.6 Å². The molecule has 0 saturated heterocycles. The summed E-state index contributed by atoms with van der Waals surface area (Å²) in [7, 11) is 0. The monoisotopic (exact) mass is 166 g/mol. The van der Waals surface area contributed by atoms with Crippen molar-refractivity contribution in [2.75, 3.05) is 0 Å². The molecule has 0 radical (unpaired) electrons. The lowest BCUT2D eigenvalue weighted by Gasteiger charge is -1.86. The van der Waals surface area contributed by atoms with Gasteiger partial charge in [-0.1, -0.05) is 25.7 Å². The van der Waals surface area contributed by atoms with Gasteiger partial charge in [0.15, 0.2) is 0 Å². The Bertz CT molecular complexity index is 263. The maximum Gasteiger partial charge on any atom is 0.100 e. The third kappa shape index (κ3) is 1.98. The van der Waals surface area contributed by atoms with Crippen LogP contribution in [0.25, 0.3) is 6.08 Å². The summed E-state index contributed by atoms with van der Waals surface area (Å²) in [4.78, 5) is 0. The predicted molar refractivity (Wildman–Crippen MR) is 48.5 cm³/mol. The molecule has 1 rings (SSSR count). The summed E-state index contributed by atoms with van der Waals surface area (Å²) in [5.74, 6) is 0. The minimum Gasteiger partial charge on any atom is -0.177 e. The van der Waals surface area contributed by atoms with E-state index in [0.29, 0.717) is 0 Å². The Morgan fingerprint density at radius 3 is 3.00 bits per heavy atom. The first kappa shape index (κ1) is 8.14. The van der Waals surface area contributed by atoms with E-state index >= 15 is 0 Å². The smallest absolute Gasteiger partial charge is 0.100 e. The number of aryl methyl sites for hydroxylation is 1. The van der Waals surface area contributed by atoms with Crippen LogP contribution in [-0.2, 0) is 6.42 Å². The molecule has 0 atom stereocenters. The fourth-order valence-corrected chi connectivity index (χ4v) is 1.36. The minimum atomic E-state index is 0.938. The van der Waals surface area contributed by atoms with Crippen molar-refractivity contribution in [3.8, 4) is 0 Å². The summed E-state index contributed by atoms with van der Waals surface area (Å²) in [6.07, 6.45) is 6.47. The second-order valence-corrected chi connectivity index (χ2v) is 2.57. The van der Waals surface area contributed by atoms with Gasteiger partial charge in [-0.25, -0.2) is 0 Å². The van der Waals surface area contributed by atoms with Crippen LogP contribution in [0.5, 0.6) is 0 Å². The van der Waals surface area contributed by atoms with Crippen LogP contribution in [0.2, 0.25) is 0 Å². The Hall–Kier alpha value is -0.960. The van der Waals surface area contributed by atoms with E-state index in [-0.39, 0.29) is 0 Å². The Morgan fingerprint density at radius 2 is 2.36 bits per heavy atom. The molecule has 0 aromatic carbocycles. The van der Waals surface area contributed by atoms with Gasteiger partial charge in [-0.2, -0.15) is 8.75 Å². The molecular formula is C8H10N2S. The van der Waals surface area contributed by atoms with Crippen LogP contribution in [-0.4, -0.2) is 8.75 Å². The number of hydrogen-bond acceptors (Lipinski definition) is 3. The highest BCUT2D eigenvalue weighted by atomic mass is 32.1. The second kappa shape index (κ2) is 4.03. The van der Waals surface area contributed by atoms with Crippen LogP contribution >= 0.6 is 11.7 Å². The van der Waals surface area contributed by atoms with Gasteiger partial charge in [-0.15, -0.1) is 0 Å². The lowest BCUT2D eigenvalue weighted by atomic mass is 10.2. The summed E-state index contributed by atoms with van der Waals surface area (Å²) >= 11 is 1.26. The highest BCUT2D eigenvalue weighted by molar-refractivity contribution is 6.99. The molecule has 0 aliphatic carbocycles. The van der Waals surface area contributed by atoms with Crippen molar-refractivity contribution < 1.29 is 0 Å². The van der Waals surface area contributed by atoms with Gasteiger partial charge in [0.2, 0.25) is 0 Å². The molecule has 0 aliphatic heterocycles. The van der Waals surface area contributed by atoms with Gasteiger partial charge < -0.3 is 0 Å². The third-order valence-electron chi connectivity index (χ3n) is 1.31. The van der Waals surface area contributed by atoms with Crippen molar-refractivity contribution in [1.82, 2.24) is 8.75 Å². The number of rotatable bonds is 3. The molecule has 1 heterocycles. The summed E-state index contributed by atoms with van der Waals surface area (Å²) in [5.41, 5.74) is 2.03. The first-order valence-corrected chi connectivity index (χ1v) is 4.22. The molecule has 0 saturated carbocycles. The highest BCUT2D eigenvalue weighted by Gasteiger charge is 1.99. The average molecular weight is 166 g/mol. The number of aromatic nitrogens is 2. The van der Waals surface area contributed by atoms with Crippen molar-refractivity contribution in [1.29, 1.82) is 0 Å². The number of nitrogens with zero attached hydrogens (tertiary/aromatic N) is 2. The van der Waals surface area contributed by atoms with Gasteiger partial charge in [0.1, 0.15) is 5.69 Å². The van der Waals surface area contributed by atoms with E-state index in [0.717, 1.165) is 17.8 Å². The van der Waals surface area contributed by atoms with Crippen LogP contribution in [0.1, 0.15) is 18.3 Å². The minimum absolute atomic E-state index is 0.938. The van der Waals surface area contributed by atoms with Crippen LogP contribution in [0.3, 0.4) is 0 Å². The van der Waals surface area contributed by atoms with Gasteiger partial charge in [0.05, 0.1) is 17.4 Å². The fourth-order valence-electron chi connectivity index (χ4n) is 0.745. The van der Waals surface area contributed by atoms with Crippen molar-refractivity contribution >= 4 is 17.8 Å². The molecule has 0 aliphatic rings. The van der Waals surface area contributed by atoms with Crippen molar-refractivity contribution in [2.45, 2.75) is 13.3 Å². The van der Waals surface area contributed by atoms with Gasteiger partial charge in [-0.05, 0) is 12.5 Å². The molecular weight excluding hydrogens is 156 g/mol. The van der Waals surface area contributed by atoms with E-state index in [2.05, 4.69) is 22.2 Å². The van der Waals surface area contributed by atoms with E-state index in [9.17, 15) is 0 Å². The van der Waals surface area contributed by atoms with Crippen molar-refractivity contribution in [3.63, 3.8) is 0 Å². The van der Waals surface area contributed by atoms with Crippen LogP contribution in [0.4, 0.5) is 0 Å². The molecule has 0 amide bonds. The van der Waals surface area contributed by atoms with Gasteiger partial charge in [0.25, 0.3) is 0 Å². The molecule has 11 heavy (non-hydrogen) atoms. The molecule has 0 unspecified atom stereocenters. The molecule has 3 heteroatoms. The van der Waals surface area contributed by atoms with Gasteiger partial charge in [0, 0.05) is 0 Å². The first-order chi connectivity index (χ1) is 5.38. The summed E-state index contributed by atoms with van der Waals surface area (Å²) < 4.78 is 8.25. The summed E-state index contributed by atoms with van der Waals surface area (Å²) in [6, 6.07) is 0. The maximum absolute atomic E-state index is 4.13. The Kier molecular flexibility index (Phi) is 2.98. The third-order valence-corrected chi connectivity index (χ3v) is 1.89. The molecule has 0 spiro atoms. The Morgan fingerprint density at radius 1 is 1.55 bits per heavy atom. The van der Waals surface area contributed by atoms with Crippen LogP contribution < -0.4 is 0 Å². The molecule has 2 nitrogen and oxygen atoms in total. The lowest BCUT2D eigenvalue weighted by molar-refractivity contribution is 1.07. The SMILES string of the molecule is C=C/C=C\c1nsnc1CC. The quantitative estimate of drug-likeness (QED) is 0.644. The fraction of sp³-hybridized carbons (Fsp3) is 0.250. The van der Waals surface area contributed by atoms with Crippen LogP contribution in [0.15, 0.2) is 18.7 Å². The van der Waals surface area contributed by atoms with Crippen molar-refractivity contribution in [3.05, 3.63) is 30.1 Å². The Balaban J connectivity index is 2.84. The standard InChI is InChI=1S/C8H10N2S/c1-3-5-6-8-7(4-2)9-11-10-8/h3,5-6H,1,4H2,2H3/b6-5-. The zero-order valence-electron chi connectivity index (χ0n) is 6.45. The van der Waals surface area contributed by atoms with E-state index in [1.54, 1.807) is 6.08 Å². The first-order valence-electron chi connectivity index (χ1n) is 3.49. The summed E-state index contributed by atoms with van der Waals surface area (Å²) in [5, 5.41) is 0. The molecule has 0 bridgehead atoms. The van der Waals surface area contributed by atoms with E-state index in [4.69, 9.17) is 0 Å². The predicted octanol–water partition coefficient (Wildman–Crippen LogP) is 2.30. The average Bonchev–Trinajstić information content (AvgIpc) is 2.47. The zero-order valence-corrected chi connectivity index (χ0v) is 7.27. The van der Waals surface area contributed by atoms with Crippen molar-refractivity contribution in [2.24, 2.45) is 0 Å². The summed E-state index contributed by atoms with van der Waals surface area (Å²) in [6.45, 7) is 5.66. The number of hydrogen-bond donors (Lipinski definition) is 0. The molecule has 58 valence electrons. The van der Waals surface area contributed by atoms with Gasteiger partial charge >= 0.3 is 0 Å². The molecule has 1 aromatic heterocycles. The number of allylic oxidation sites excluding steroid dienone is 2. The molecule has 1 aromatic rings. The maximum atomic E-state index is 4.13.